The highest BCUT2D eigenvalue weighted by Gasteiger charge is 2.24. The molecule has 1 amide bonds. The van der Waals surface area contributed by atoms with E-state index in [-0.39, 0.29) is 12.5 Å². The van der Waals surface area contributed by atoms with Crippen molar-refractivity contribution in [2.45, 2.75) is 0 Å². The molecule has 176 valence electrons. The number of amides is 1. The van der Waals surface area contributed by atoms with Gasteiger partial charge in [0.05, 0.1) is 27.4 Å². The topological polar surface area (TPSA) is 73.4 Å². The number of halogens is 1. The minimum Gasteiger partial charge on any atom is -0.495 e. The van der Waals surface area contributed by atoms with Crippen LogP contribution in [0.15, 0.2) is 36.4 Å². The lowest BCUT2D eigenvalue weighted by Gasteiger charge is -2.29. The SMILES string of the molecule is COc1ccc(OC)c2sc(N(CCN3CCOCC3)C(=O)COc3ccc(Cl)cc3)nc12. The van der Waals surface area contributed by atoms with Crippen molar-refractivity contribution in [3.63, 3.8) is 0 Å². The normalized spacial score (nSPS) is 14.3. The van der Waals surface area contributed by atoms with E-state index in [1.54, 1.807) is 43.4 Å². The lowest BCUT2D eigenvalue weighted by molar-refractivity contribution is -0.120. The average molecular weight is 492 g/mol. The molecule has 0 radical (unpaired) electrons. The Kier molecular flexibility index (Phi) is 7.87. The number of thiazole rings is 1. The molecule has 1 aromatic heterocycles. The van der Waals surface area contributed by atoms with Crippen LogP contribution in [0.5, 0.6) is 17.2 Å². The first-order valence-corrected chi connectivity index (χ1v) is 11.8. The largest absolute Gasteiger partial charge is 0.495 e. The van der Waals surface area contributed by atoms with E-state index in [1.807, 2.05) is 12.1 Å². The summed E-state index contributed by atoms with van der Waals surface area (Å²) in [6.07, 6.45) is 0. The van der Waals surface area contributed by atoms with Gasteiger partial charge in [-0.05, 0) is 36.4 Å². The number of carbonyl (C=O) groups is 1. The molecule has 1 aliphatic rings. The molecule has 0 N–H and O–H groups in total. The van der Waals surface area contributed by atoms with Crippen LogP contribution in [0, 0.1) is 0 Å². The van der Waals surface area contributed by atoms with Crippen molar-refractivity contribution in [1.29, 1.82) is 0 Å². The molecule has 33 heavy (non-hydrogen) atoms. The van der Waals surface area contributed by atoms with E-state index in [0.717, 1.165) is 17.8 Å². The number of carbonyl (C=O) groups excluding carboxylic acids is 1. The molecule has 0 aliphatic carbocycles. The molecular formula is C23H26ClN3O5S. The molecule has 2 heterocycles. The van der Waals surface area contributed by atoms with E-state index in [9.17, 15) is 4.79 Å². The Labute approximate surface area is 201 Å². The van der Waals surface area contributed by atoms with Gasteiger partial charge in [-0.3, -0.25) is 14.6 Å². The number of aromatic nitrogens is 1. The zero-order valence-corrected chi connectivity index (χ0v) is 20.2. The highest BCUT2D eigenvalue weighted by molar-refractivity contribution is 7.22. The fraction of sp³-hybridized carbons (Fsp3) is 0.391. The van der Waals surface area contributed by atoms with E-state index >= 15 is 0 Å². The molecule has 1 aliphatic heterocycles. The standard InChI is InChI=1S/C23H26ClN3O5S/c1-29-18-7-8-19(30-2)22-21(18)25-23(33-22)27(10-9-26-11-13-31-14-12-26)20(28)15-32-17-5-3-16(24)4-6-17/h3-8H,9-15H2,1-2H3. The number of rotatable bonds is 9. The highest BCUT2D eigenvalue weighted by atomic mass is 35.5. The number of fused-ring (bicyclic) bond motifs is 1. The molecule has 1 saturated heterocycles. The van der Waals surface area contributed by atoms with Crippen molar-refractivity contribution in [2.24, 2.45) is 0 Å². The monoisotopic (exact) mass is 491 g/mol. The van der Waals surface area contributed by atoms with Crippen molar-refractivity contribution >= 4 is 44.2 Å². The summed E-state index contributed by atoms with van der Waals surface area (Å²) in [6, 6.07) is 10.6. The van der Waals surface area contributed by atoms with Crippen LogP contribution < -0.4 is 19.1 Å². The predicted molar refractivity (Wildman–Crippen MR) is 129 cm³/mol. The van der Waals surface area contributed by atoms with Gasteiger partial charge in [0.1, 0.15) is 27.5 Å². The zero-order chi connectivity index (χ0) is 23.2. The lowest BCUT2D eigenvalue weighted by Crippen LogP contribution is -2.44. The van der Waals surface area contributed by atoms with Crippen LogP contribution in [-0.4, -0.2) is 76.0 Å². The third kappa shape index (κ3) is 5.67. The minimum absolute atomic E-state index is 0.116. The Balaban J connectivity index is 1.58. The molecule has 0 atom stereocenters. The van der Waals surface area contributed by atoms with Crippen LogP contribution in [0.1, 0.15) is 0 Å². The Bertz CT molecular complexity index is 1040. The maximum atomic E-state index is 13.3. The van der Waals surface area contributed by atoms with Crippen molar-refractivity contribution in [1.82, 2.24) is 9.88 Å². The zero-order valence-electron chi connectivity index (χ0n) is 18.6. The van der Waals surface area contributed by atoms with Gasteiger partial charge in [-0.15, -0.1) is 0 Å². The third-order valence-corrected chi connectivity index (χ3v) is 6.70. The van der Waals surface area contributed by atoms with Crippen molar-refractivity contribution in [2.75, 3.05) is 65.1 Å². The van der Waals surface area contributed by atoms with Crippen LogP contribution >= 0.6 is 22.9 Å². The highest BCUT2D eigenvalue weighted by Crippen LogP contribution is 2.40. The number of hydrogen-bond acceptors (Lipinski definition) is 8. The van der Waals surface area contributed by atoms with Crippen molar-refractivity contribution in [3.8, 4) is 17.2 Å². The Morgan fingerprint density at radius 1 is 1.12 bits per heavy atom. The van der Waals surface area contributed by atoms with Gasteiger partial charge in [-0.25, -0.2) is 4.98 Å². The number of methoxy groups -OCH3 is 2. The number of hydrogen-bond donors (Lipinski definition) is 0. The minimum atomic E-state index is -0.185. The van der Waals surface area contributed by atoms with Crippen LogP contribution in [-0.2, 0) is 9.53 Å². The van der Waals surface area contributed by atoms with E-state index in [0.29, 0.717) is 59.2 Å². The summed E-state index contributed by atoms with van der Waals surface area (Å²) in [5.74, 6) is 1.71. The molecule has 0 unspecified atom stereocenters. The first-order valence-electron chi connectivity index (χ1n) is 10.6. The first-order chi connectivity index (χ1) is 16.1. The Hall–Kier alpha value is -2.59. The van der Waals surface area contributed by atoms with Gasteiger partial charge in [-0.1, -0.05) is 22.9 Å². The molecule has 3 aromatic rings. The molecule has 1 fully saturated rings. The number of benzene rings is 2. The van der Waals surface area contributed by atoms with Gasteiger partial charge in [0, 0.05) is 31.2 Å². The summed E-state index contributed by atoms with van der Waals surface area (Å²) in [4.78, 5) is 22.0. The molecule has 0 saturated carbocycles. The average Bonchev–Trinajstić information content (AvgIpc) is 3.29. The second-order valence-electron chi connectivity index (χ2n) is 7.39. The molecular weight excluding hydrogens is 466 g/mol. The maximum Gasteiger partial charge on any atom is 0.266 e. The van der Waals surface area contributed by atoms with Crippen LogP contribution in [0.2, 0.25) is 5.02 Å². The van der Waals surface area contributed by atoms with Crippen LogP contribution in [0.25, 0.3) is 10.2 Å². The molecule has 0 spiro atoms. The summed E-state index contributed by atoms with van der Waals surface area (Å²) in [5.41, 5.74) is 0.666. The number of morpholine rings is 1. The molecule has 8 nitrogen and oxygen atoms in total. The van der Waals surface area contributed by atoms with E-state index in [4.69, 9.17) is 35.5 Å². The number of ether oxygens (including phenoxy) is 4. The fourth-order valence-electron chi connectivity index (χ4n) is 3.54. The summed E-state index contributed by atoms with van der Waals surface area (Å²) < 4.78 is 23.0. The summed E-state index contributed by atoms with van der Waals surface area (Å²) in [5, 5.41) is 1.18. The van der Waals surface area contributed by atoms with Crippen LogP contribution in [0.4, 0.5) is 5.13 Å². The third-order valence-electron chi connectivity index (χ3n) is 5.35. The second kappa shape index (κ2) is 11.0. The van der Waals surface area contributed by atoms with Crippen molar-refractivity contribution < 1.29 is 23.7 Å². The van der Waals surface area contributed by atoms with E-state index < -0.39 is 0 Å². The molecule has 4 rings (SSSR count). The molecule has 0 bridgehead atoms. The first kappa shape index (κ1) is 23.6. The van der Waals surface area contributed by atoms with Gasteiger partial charge in [-0.2, -0.15) is 0 Å². The second-order valence-corrected chi connectivity index (χ2v) is 8.80. The lowest BCUT2D eigenvalue weighted by atomic mass is 10.3. The van der Waals surface area contributed by atoms with Gasteiger partial charge in [0.25, 0.3) is 5.91 Å². The van der Waals surface area contributed by atoms with Gasteiger partial charge in [0.2, 0.25) is 0 Å². The van der Waals surface area contributed by atoms with E-state index in [1.165, 1.54) is 11.3 Å². The van der Waals surface area contributed by atoms with Gasteiger partial charge >= 0.3 is 0 Å². The van der Waals surface area contributed by atoms with Gasteiger partial charge < -0.3 is 18.9 Å². The summed E-state index contributed by atoms with van der Waals surface area (Å²) in [6.45, 7) is 4.14. The number of nitrogens with zero attached hydrogens (tertiary/aromatic N) is 3. The molecule has 10 heteroatoms. The van der Waals surface area contributed by atoms with Crippen molar-refractivity contribution in [3.05, 3.63) is 41.4 Å². The smallest absolute Gasteiger partial charge is 0.266 e. The summed E-state index contributed by atoms with van der Waals surface area (Å²) in [7, 11) is 3.21. The maximum absolute atomic E-state index is 13.3. The number of anilines is 1. The summed E-state index contributed by atoms with van der Waals surface area (Å²) >= 11 is 7.33. The Morgan fingerprint density at radius 2 is 1.82 bits per heavy atom. The van der Waals surface area contributed by atoms with Crippen LogP contribution in [0.3, 0.4) is 0 Å². The predicted octanol–water partition coefficient (Wildman–Crippen LogP) is 3.71. The van der Waals surface area contributed by atoms with E-state index in [2.05, 4.69) is 4.90 Å². The fourth-order valence-corrected chi connectivity index (χ4v) is 4.78. The quantitative estimate of drug-likeness (QED) is 0.451. The van der Waals surface area contributed by atoms with Gasteiger partial charge in [0.15, 0.2) is 11.7 Å². The Morgan fingerprint density at radius 3 is 2.52 bits per heavy atom. The molecule has 2 aromatic carbocycles.